The lowest BCUT2D eigenvalue weighted by Crippen LogP contribution is -2.59. The molecule has 1 aliphatic heterocycles. The Kier molecular flexibility index (Phi) is 26.4. The molecule has 9 atom stereocenters. The third-order valence-corrected chi connectivity index (χ3v) is 12.6. The minimum atomic E-state index is -1.29. The second kappa shape index (κ2) is 29.4. The van der Waals surface area contributed by atoms with Crippen LogP contribution in [0.4, 0.5) is 4.79 Å². The molecule has 70 heavy (non-hydrogen) atoms. The van der Waals surface area contributed by atoms with Gasteiger partial charge >= 0.3 is 18.0 Å². The summed E-state index contributed by atoms with van der Waals surface area (Å²) in [4.78, 5) is 115. The van der Waals surface area contributed by atoms with Gasteiger partial charge in [-0.25, -0.2) is 14.4 Å². The van der Waals surface area contributed by atoms with Crippen molar-refractivity contribution in [3.8, 4) is 0 Å². The van der Waals surface area contributed by atoms with Crippen molar-refractivity contribution in [2.24, 2.45) is 29.6 Å². The SMILES string of the molecule is CC/C=C(\C)C1OC(=O)[C@H](CCCCNC(=O)OC(C)(C)C)N(C)C(=O)C(C(C)C)NC(=O)CN(C)C(=O)[C@@H](CC(C)C)N(C)C(=O)[C@H](C(C)C)NC(=O)[C@@H]([C@@H](C)CC)OC(=O)/C(C)=C/C[C@H](O)[C@@H]1C. The van der Waals surface area contributed by atoms with Gasteiger partial charge in [-0.05, 0) is 103 Å². The van der Waals surface area contributed by atoms with E-state index in [1.807, 2.05) is 33.8 Å². The number of cyclic esters (lactones) is 2. The van der Waals surface area contributed by atoms with Gasteiger partial charge in [0.2, 0.25) is 23.6 Å². The lowest BCUT2D eigenvalue weighted by Gasteiger charge is -2.36. The summed E-state index contributed by atoms with van der Waals surface area (Å²) in [5.74, 6) is -6.80. The topological polar surface area (TPSA) is 230 Å². The van der Waals surface area contributed by atoms with E-state index in [1.54, 1.807) is 69.2 Å². The maximum Gasteiger partial charge on any atom is 0.407 e. The van der Waals surface area contributed by atoms with Crippen LogP contribution < -0.4 is 16.0 Å². The molecule has 6 amide bonds. The number of aliphatic hydroxyl groups is 1. The van der Waals surface area contributed by atoms with Crippen LogP contribution in [0.5, 0.6) is 0 Å². The Morgan fingerprint density at radius 3 is 1.94 bits per heavy atom. The van der Waals surface area contributed by atoms with Crippen molar-refractivity contribution in [2.75, 3.05) is 34.2 Å². The van der Waals surface area contributed by atoms with Gasteiger partial charge in [-0.2, -0.15) is 0 Å². The van der Waals surface area contributed by atoms with Gasteiger partial charge in [-0.1, -0.05) is 81.4 Å². The minimum absolute atomic E-state index is 0.0559. The lowest BCUT2D eigenvalue weighted by atomic mass is 9.90. The van der Waals surface area contributed by atoms with Crippen LogP contribution in [-0.2, 0) is 47.8 Å². The zero-order valence-electron chi connectivity index (χ0n) is 45.7. The first kappa shape index (κ1) is 63.0. The van der Waals surface area contributed by atoms with Gasteiger partial charge in [0.1, 0.15) is 35.9 Å². The van der Waals surface area contributed by atoms with Crippen molar-refractivity contribution in [3.63, 3.8) is 0 Å². The number of alkyl carbamates (subject to hydrolysis) is 1. The van der Waals surface area contributed by atoms with Gasteiger partial charge in [0.05, 0.1) is 12.6 Å². The summed E-state index contributed by atoms with van der Waals surface area (Å²) in [6.45, 7) is 26.3. The third-order valence-electron chi connectivity index (χ3n) is 12.6. The number of esters is 2. The number of unbranched alkanes of at least 4 members (excludes halogenated alkanes) is 1. The smallest absolute Gasteiger partial charge is 0.407 e. The third kappa shape index (κ3) is 20.0. The first-order chi connectivity index (χ1) is 32.4. The molecule has 0 bridgehead atoms. The molecule has 18 nitrogen and oxygen atoms in total. The molecular formula is C52H90N6O12. The zero-order valence-corrected chi connectivity index (χ0v) is 45.7. The van der Waals surface area contributed by atoms with Crippen LogP contribution in [0.15, 0.2) is 23.3 Å². The fourth-order valence-electron chi connectivity index (χ4n) is 7.99. The highest BCUT2D eigenvalue weighted by atomic mass is 16.6. The average Bonchev–Trinajstić information content (AvgIpc) is 3.27. The Labute approximate surface area is 418 Å². The molecule has 4 N–H and O–H groups in total. The maximum absolute atomic E-state index is 14.5. The molecule has 0 aliphatic carbocycles. The van der Waals surface area contributed by atoms with Crippen LogP contribution in [0.25, 0.3) is 0 Å². The number of nitrogens with zero attached hydrogens (tertiary/aromatic N) is 3. The molecule has 0 aromatic rings. The fourth-order valence-corrected chi connectivity index (χ4v) is 7.99. The molecule has 18 heteroatoms. The highest BCUT2D eigenvalue weighted by Gasteiger charge is 2.40. The number of amides is 6. The van der Waals surface area contributed by atoms with Crippen molar-refractivity contribution in [1.29, 1.82) is 0 Å². The molecule has 400 valence electrons. The molecule has 0 radical (unpaired) electrons. The van der Waals surface area contributed by atoms with E-state index in [0.717, 1.165) is 0 Å². The molecule has 0 aromatic carbocycles. The van der Waals surface area contributed by atoms with Gasteiger partial charge in [0.15, 0.2) is 6.10 Å². The quantitative estimate of drug-likeness (QED) is 0.0755. The number of likely N-dealkylation sites (N-methyl/N-ethyl adjacent to an activating group) is 3. The molecule has 0 saturated carbocycles. The molecule has 2 unspecified atom stereocenters. The Morgan fingerprint density at radius 2 is 1.43 bits per heavy atom. The lowest BCUT2D eigenvalue weighted by molar-refractivity contribution is -0.162. The monoisotopic (exact) mass is 991 g/mol. The van der Waals surface area contributed by atoms with Crippen LogP contribution in [0.1, 0.15) is 149 Å². The Balaban J connectivity index is 3.98. The van der Waals surface area contributed by atoms with Crippen LogP contribution in [0.3, 0.4) is 0 Å². The molecule has 1 rings (SSSR count). The van der Waals surface area contributed by atoms with Crippen molar-refractivity contribution in [1.82, 2.24) is 30.7 Å². The van der Waals surface area contributed by atoms with E-state index < -0.39 is 126 Å². The van der Waals surface area contributed by atoms with E-state index in [0.29, 0.717) is 31.3 Å². The molecule has 1 heterocycles. The van der Waals surface area contributed by atoms with E-state index in [1.165, 1.54) is 48.8 Å². The number of allylic oxidation sites excluding steroid dienone is 1. The number of ether oxygens (including phenoxy) is 3. The predicted octanol–water partition coefficient (Wildman–Crippen LogP) is 5.69. The molecule has 0 aromatic heterocycles. The predicted molar refractivity (Wildman–Crippen MR) is 269 cm³/mol. The van der Waals surface area contributed by atoms with Gasteiger partial charge < -0.3 is 50.0 Å². The average molecular weight is 991 g/mol. The van der Waals surface area contributed by atoms with Gasteiger partial charge in [-0.15, -0.1) is 0 Å². The second-order valence-corrected chi connectivity index (χ2v) is 21.2. The summed E-state index contributed by atoms with van der Waals surface area (Å²) in [6, 6.07) is -4.49. The van der Waals surface area contributed by atoms with Gasteiger partial charge in [0.25, 0.3) is 5.91 Å². The zero-order chi connectivity index (χ0) is 54.0. The van der Waals surface area contributed by atoms with Crippen molar-refractivity contribution in [3.05, 3.63) is 23.3 Å². The largest absolute Gasteiger partial charge is 0.456 e. The summed E-state index contributed by atoms with van der Waals surface area (Å²) in [7, 11) is 4.35. The van der Waals surface area contributed by atoms with Crippen LogP contribution in [-0.4, -0.2) is 150 Å². The maximum atomic E-state index is 14.5. The number of rotatable bonds is 13. The van der Waals surface area contributed by atoms with E-state index in [4.69, 9.17) is 14.2 Å². The first-order valence-electron chi connectivity index (χ1n) is 25.2. The molecule has 0 fully saturated rings. The molecule has 1 aliphatic rings. The summed E-state index contributed by atoms with van der Waals surface area (Å²) in [6.07, 6.45) is 1.45. The van der Waals surface area contributed by atoms with Gasteiger partial charge in [-0.3, -0.25) is 24.0 Å². The van der Waals surface area contributed by atoms with E-state index in [2.05, 4.69) is 16.0 Å². The molecule has 0 spiro atoms. The number of hydrogen-bond donors (Lipinski definition) is 4. The number of carbonyl (C=O) groups excluding carboxylic acids is 8. The fraction of sp³-hybridized carbons (Fsp3) is 0.769. The van der Waals surface area contributed by atoms with E-state index in [-0.39, 0.29) is 37.3 Å². The molecule has 0 saturated heterocycles. The standard InChI is InChI=1S/C52H90N6O12/c1-19-23-34(10)43-36(12)39(59)26-25-35(11)49(65)69-44(33(9)20-2)45(61)55-42(32(7)8)48(64)58(18)38(28-30(3)4)46(62)56(16)29-40(60)54-41(31(5)6)47(63)57(17)37(50(66)68-43)24-21-22-27-53-51(67)70-52(13,14)15/h23,25,30-33,36-39,41-44,59H,19-22,24,26-29H2,1-18H3,(H,53,67)(H,54,60)(H,55,61)/b34-23+,35-25+/t33-,36-,37-,38+,39-,41?,42-,43?,44+/m0/s1. The van der Waals surface area contributed by atoms with E-state index >= 15 is 0 Å². The summed E-state index contributed by atoms with van der Waals surface area (Å²) in [5.41, 5.74) is 0.0689. The van der Waals surface area contributed by atoms with Gasteiger partial charge in [0, 0.05) is 45.1 Å². The van der Waals surface area contributed by atoms with E-state index in [9.17, 15) is 43.5 Å². The van der Waals surface area contributed by atoms with Crippen LogP contribution >= 0.6 is 0 Å². The summed E-state index contributed by atoms with van der Waals surface area (Å²) >= 11 is 0. The summed E-state index contributed by atoms with van der Waals surface area (Å²) in [5, 5.41) is 19.9. The van der Waals surface area contributed by atoms with Crippen LogP contribution in [0.2, 0.25) is 0 Å². The van der Waals surface area contributed by atoms with Crippen molar-refractivity contribution >= 4 is 47.6 Å². The Morgan fingerprint density at radius 1 is 0.871 bits per heavy atom. The number of hydrogen-bond acceptors (Lipinski definition) is 12. The summed E-state index contributed by atoms with van der Waals surface area (Å²) < 4.78 is 17.4. The first-order valence-corrected chi connectivity index (χ1v) is 25.2. The highest BCUT2D eigenvalue weighted by molar-refractivity contribution is 5.96. The number of nitrogens with one attached hydrogen (secondary N) is 3. The molecular weight excluding hydrogens is 901 g/mol. The number of aliphatic hydroxyl groups excluding tert-OH is 1. The normalized spacial score (nSPS) is 26.7. The number of carbonyl (C=O) groups is 8. The minimum Gasteiger partial charge on any atom is -0.456 e. The van der Waals surface area contributed by atoms with Crippen molar-refractivity contribution in [2.45, 2.75) is 197 Å². The Hall–Kier alpha value is -5.00. The van der Waals surface area contributed by atoms with Crippen molar-refractivity contribution < 1.29 is 57.7 Å². The second-order valence-electron chi connectivity index (χ2n) is 21.2. The van der Waals surface area contributed by atoms with Crippen LogP contribution in [0, 0.1) is 29.6 Å². The highest BCUT2D eigenvalue weighted by Crippen LogP contribution is 2.26. The Bertz CT molecular complexity index is 1840.